The van der Waals surface area contributed by atoms with Crippen molar-refractivity contribution in [3.63, 3.8) is 0 Å². The first kappa shape index (κ1) is 19.2. The molecule has 3 aliphatic rings. The first-order chi connectivity index (χ1) is 12.6. The van der Waals surface area contributed by atoms with Gasteiger partial charge in [-0.1, -0.05) is 0 Å². The number of halogens is 3. The van der Waals surface area contributed by atoms with Crippen molar-refractivity contribution in [2.45, 2.75) is 57.2 Å². The van der Waals surface area contributed by atoms with Gasteiger partial charge in [-0.15, -0.1) is 0 Å². The van der Waals surface area contributed by atoms with Gasteiger partial charge in [0.1, 0.15) is 0 Å². The van der Waals surface area contributed by atoms with Crippen molar-refractivity contribution < 1.29 is 21.6 Å². The second-order valence-corrected chi connectivity index (χ2v) is 10.7. The van der Waals surface area contributed by atoms with Crippen molar-refractivity contribution in [2.24, 2.45) is 5.41 Å². The van der Waals surface area contributed by atoms with Gasteiger partial charge < -0.3 is 0 Å². The molecule has 0 amide bonds. The summed E-state index contributed by atoms with van der Waals surface area (Å²) in [5, 5.41) is 0. The Kier molecular flexibility index (Phi) is 4.57. The summed E-state index contributed by atoms with van der Waals surface area (Å²) in [6, 6.07) is 1.66. The van der Waals surface area contributed by atoms with E-state index in [0.717, 1.165) is 57.1 Å². The average molecular weight is 402 g/mol. The smallest absolute Gasteiger partial charge is 0.300 e. The molecule has 3 fully saturated rings. The van der Waals surface area contributed by atoms with E-state index in [-0.39, 0.29) is 11.3 Å². The number of pyridine rings is 1. The van der Waals surface area contributed by atoms with Crippen LogP contribution in [0.2, 0.25) is 0 Å². The van der Waals surface area contributed by atoms with E-state index in [9.17, 15) is 21.6 Å². The van der Waals surface area contributed by atoms with E-state index in [4.69, 9.17) is 0 Å². The fourth-order valence-corrected chi connectivity index (χ4v) is 7.54. The van der Waals surface area contributed by atoms with Crippen molar-refractivity contribution in [3.8, 4) is 0 Å². The lowest BCUT2D eigenvalue weighted by Gasteiger charge is -2.40. The molecule has 4 nitrogen and oxygen atoms in total. The second-order valence-electron chi connectivity index (χ2n) is 8.68. The molecule has 2 saturated heterocycles. The SMILES string of the molecule is Cc1cc(C(F)(F)F)cnc1[C@H]1CC[C@@H](N2CCC3(C2)CS(=O)(=O)C3)CC1. The molecule has 0 radical (unpaired) electrons. The molecule has 0 unspecified atom stereocenters. The minimum absolute atomic E-state index is 0.0126. The maximum Gasteiger partial charge on any atom is 0.417 e. The number of nitrogens with zero attached hydrogens (tertiary/aromatic N) is 2. The van der Waals surface area contributed by atoms with Gasteiger partial charge in [-0.25, -0.2) is 8.42 Å². The molecule has 1 saturated carbocycles. The van der Waals surface area contributed by atoms with Crippen molar-refractivity contribution in [3.05, 3.63) is 29.1 Å². The molecule has 0 bridgehead atoms. The van der Waals surface area contributed by atoms with E-state index in [1.807, 2.05) is 0 Å². The number of alkyl halides is 3. The number of aromatic nitrogens is 1. The molecular formula is C19H25F3N2O2S. The Balaban J connectivity index is 1.36. The Bertz CT molecular complexity index is 818. The average Bonchev–Trinajstić information content (AvgIpc) is 2.97. The highest BCUT2D eigenvalue weighted by Gasteiger charge is 2.53. The number of hydrogen-bond donors (Lipinski definition) is 0. The summed E-state index contributed by atoms with van der Waals surface area (Å²) in [7, 11) is -2.81. The molecule has 27 heavy (non-hydrogen) atoms. The van der Waals surface area contributed by atoms with Crippen molar-refractivity contribution >= 4 is 9.84 Å². The van der Waals surface area contributed by atoms with Gasteiger partial charge in [0.05, 0.1) is 17.1 Å². The standard InChI is InChI=1S/C19H25F3N2O2S/c1-13-8-15(19(20,21)22)9-23-17(13)14-2-4-16(5-3-14)24-7-6-18(10-24)11-27(25,26)12-18/h8-9,14,16H,2-7,10-12H2,1H3/t14-,16+. The second kappa shape index (κ2) is 6.44. The lowest BCUT2D eigenvalue weighted by Crippen LogP contribution is -2.51. The van der Waals surface area contributed by atoms with E-state index in [0.29, 0.717) is 23.1 Å². The zero-order valence-corrected chi connectivity index (χ0v) is 16.2. The maximum atomic E-state index is 12.8. The normalized spacial score (nSPS) is 30.4. The summed E-state index contributed by atoms with van der Waals surface area (Å²) in [5.41, 5.74) is 0.717. The third-order valence-electron chi connectivity index (χ3n) is 6.57. The monoisotopic (exact) mass is 402 g/mol. The first-order valence-corrected chi connectivity index (χ1v) is 11.4. The van der Waals surface area contributed by atoms with E-state index in [1.54, 1.807) is 6.92 Å². The summed E-state index contributed by atoms with van der Waals surface area (Å²) >= 11 is 0. The van der Waals surface area contributed by atoms with Crippen LogP contribution in [0.5, 0.6) is 0 Å². The zero-order chi connectivity index (χ0) is 19.4. The quantitative estimate of drug-likeness (QED) is 0.759. The predicted octanol–water partition coefficient (Wildman–Crippen LogP) is 3.56. The molecule has 3 heterocycles. The molecule has 1 aromatic rings. The predicted molar refractivity (Wildman–Crippen MR) is 96.2 cm³/mol. The Morgan fingerprint density at radius 1 is 1.19 bits per heavy atom. The fourth-order valence-electron chi connectivity index (χ4n) is 5.29. The lowest BCUT2D eigenvalue weighted by atomic mass is 9.82. The summed E-state index contributed by atoms with van der Waals surface area (Å²) in [4.78, 5) is 6.59. The summed E-state index contributed by atoms with van der Waals surface area (Å²) in [6.07, 6.45) is 1.40. The van der Waals surface area contributed by atoms with Gasteiger partial charge in [0.15, 0.2) is 9.84 Å². The Labute approximate surface area is 158 Å². The molecule has 1 aromatic heterocycles. The molecule has 2 aliphatic heterocycles. The molecule has 150 valence electrons. The number of aryl methyl sites for hydroxylation is 1. The molecular weight excluding hydrogens is 377 g/mol. The van der Waals surface area contributed by atoms with E-state index >= 15 is 0 Å². The van der Waals surface area contributed by atoms with E-state index in [2.05, 4.69) is 9.88 Å². The van der Waals surface area contributed by atoms with Crippen LogP contribution in [-0.4, -0.2) is 48.9 Å². The Morgan fingerprint density at radius 2 is 1.85 bits per heavy atom. The number of sulfone groups is 1. The Hall–Kier alpha value is -1.15. The van der Waals surface area contributed by atoms with Gasteiger partial charge in [0, 0.05) is 35.8 Å². The third kappa shape index (κ3) is 3.75. The van der Waals surface area contributed by atoms with Crippen molar-refractivity contribution in [1.29, 1.82) is 0 Å². The summed E-state index contributed by atoms with van der Waals surface area (Å²) in [5.74, 6) is 0.880. The molecule has 0 atom stereocenters. The van der Waals surface area contributed by atoms with Crippen LogP contribution in [0.1, 0.15) is 54.8 Å². The van der Waals surface area contributed by atoms with Crippen molar-refractivity contribution in [1.82, 2.24) is 9.88 Å². The minimum Gasteiger partial charge on any atom is -0.300 e. The lowest BCUT2D eigenvalue weighted by molar-refractivity contribution is -0.137. The summed E-state index contributed by atoms with van der Waals surface area (Å²) in [6.45, 7) is 3.55. The van der Waals surface area contributed by atoms with Gasteiger partial charge in [-0.3, -0.25) is 9.88 Å². The van der Waals surface area contributed by atoms with Gasteiger partial charge in [-0.05, 0) is 57.2 Å². The molecule has 1 aliphatic carbocycles. The number of hydrogen-bond acceptors (Lipinski definition) is 4. The molecule has 4 rings (SSSR count). The van der Waals surface area contributed by atoms with Crippen LogP contribution in [-0.2, 0) is 16.0 Å². The van der Waals surface area contributed by atoms with Crippen LogP contribution in [0.4, 0.5) is 13.2 Å². The van der Waals surface area contributed by atoms with Gasteiger partial charge >= 0.3 is 6.18 Å². The topological polar surface area (TPSA) is 50.3 Å². The van der Waals surface area contributed by atoms with E-state index < -0.39 is 21.6 Å². The highest BCUT2D eigenvalue weighted by Crippen LogP contribution is 2.44. The molecule has 1 spiro atoms. The van der Waals surface area contributed by atoms with Crippen LogP contribution in [0.3, 0.4) is 0 Å². The Morgan fingerprint density at radius 3 is 2.41 bits per heavy atom. The van der Waals surface area contributed by atoms with Crippen LogP contribution >= 0.6 is 0 Å². The zero-order valence-electron chi connectivity index (χ0n) is 15.4. The number of likely N-dealkylation sites (tertiary alicyclic amines) is 1. The first-order valence-electron chi connectivity index (χ1n) is 9.55. The summed E-state index contributed by atoms with van der Waals surface area (Å²) < 4.78 is 61.6. The largest absolute Gasteiger partial charge is 0.417 e. The minimum atomic E-state index is -4.35. The maximum absolute atomic E-state index is 12.8. The van der Waals surface area contributed by atoms with Crippen LogP contribution in [0.15, 0.2) is 12.3 Å². The van der Waals surface area contributed by atoms with E-state index in [1.165, 1.54) is 6.07 Å². The van der Waals surface area contributed by atoms with Crippen LogP contribution in [0, 0.1) is 12.3 Å². The highest BCUT2D eigenvalue weighted by atomic mass is 32.2. The molecule has 8 heteroatoms. The molecule has 0 N–H and O–H groups in total. The number of rotatable bonds is 2. The van der Waals surface area contributed by atoms with Gasteiger partial charge in [0.25, 0.3) is 0 Å². The molecule has 0 aromatic carbocycles. The van der Waals surface area contributed by atoms with Gasteiger partial charge in [-0.2, -0.15) is 13.2 Å². The van der Waals surface area contributed by atoms with Crippen molar-refractivity contribution in [2.75, 3.05) is 24.6 Å². The highest BCUT2D eigenvalue weighted by molar-refractivity contribution is 7.92. The van der Waals surface area contributed by atoms with Crippen LogP contribution in [0.25, 0.3) is 0 Å². The third-order valence-corrected chi connectivity index (χ3v) is 8.67. The van der Waals surface area contributed by atoms with Gasteiger partial charge in [0.2, 0.25) is 0 Å². The van der Waals surface area contributed by atoms with Crippen LogP contribution < -0.4 is 0 Å². The fraction of sp³-hybridized carbons (Fsp3) is 0.737.